The van der Waals surface area contributed by atoms with Crippen molar-refractivity contribution in [1.82, 2.24) is 15.2 Å². The maximum absolute atomic E-state index is 11.9. The van der Waals surface area contributed by atoms with E-state index in [1.54, 1.807) is 25.2 Å². The van der Waals surface area contributed by atoms with Crippen molar-refractivity contribution in [3.05, 3.63) is 29.7 Å². The average Bonchev–Trinajstić information content (AvgIpc) is 3.32. The third-order valence-electron chi connectivity index (χ3n) is 5.22. The molecule has 1 saturated heterocycles. The first kappa shape index (κ1) is 20.7. The molecule has 1 aromatic carbocycles. The van der Waals surface area contributed by atoms with E-state index in [0.717, 1.165) is 17.7 Å². The molecule has 0 saturated carbocycles. The van der Waals surface area contributed by atoms with E-state index in [9.17, 15) is 10.1 Å². The zero-order valence-corrected chi connectivity index (χ0v) is 17.2. The van der Waals surface area contributed by atoms with Crippen LogP contribution >= 0.6 is 0 Å². The molecule has 0 spiro atoms. The number of carbonyl (C=O) groups excluding carboxylic acids is 1. The summed E-state index contributed by atoms with van der Waals surface area (Å²) in [4.78, 5) is 18.1. The minimum atomic E-state index is -0.938. The van der Waals surface area contributed by atoms with Gasteiger partial charge in [0.05, 0.1) is 19.9 Å². The number of hydrogen-bond donors (Lipinski definition) is 1. The normalized spacial score (nSPS) is 18.5. The Hall–Kier alpha value is -3.05. The molecule has 1 fully saturated rings. The molecule has 8 nitrogen and oxygen atoms in total. The van der Waals surface area contributed by atoms with Crippen molar-refractivity contribution in [2.24, 2.45) is 0 Å². The first-order chi connectivity index (χ1) is 13.9. The summed E-state index contributed by atoms with van der Waals surface area (Å²) in [5, 5.41) is 12.9. The van der Waals surface area contributed by atoms with E-state index >= 15 is 0 Å². The van der Waals surface area contributed by atoms with Crippen LogP contribution in [0.15, 0.2) is 22.6 Å². The van der Waals surface area contributed by atoms with Crippen molar-refractivity contribution in [1.29, 1.82) is 5.26 Å². The molecule has 1 aromatic heterocycles. The average molecular weight is 398 g/mol. The minimum absolute atomic E-state index is 0.0941. The zero-order valence-electron chi connectivity index (χ0n) is 17.2. The van der Waals surface area contributed by atoms with E-state index < -0.39 is 5.66 Å². The number of methoxy groups -OCH3 is 2. The lowest BCUT2D eigenvalue weighted by Crippen LogP contribution is -2.56. The van der Waals surface area contributed by atoms with Crippen LogP contribution in [0.1, 0.15) is 31.2 Å². The SMILES string of the molecule is COc1cc(OC)cc(-c2nc(CCNC3(C#N)CCCN3C(C)=O)c(C)o2)c1. The number of aromatic nitrogens is 1. The van der Waals surface area contributed by atoms with E-state index in [1.165, 1.54) is 6.92 Å². The summed E-state index contributed by atoms with van der Waals surface area (Å²) < 4.78 is 16.5. The van der Waals surface area contributed by atoms with E-state index in [-0.39, 0.29) is 5.91 Å². The van der Waals surface area contributed by atoms with Crippen LogP contribution in [-0.2, 0) is 11.2 Å². The Bertz CT molecular complexity index is 911. The molecule has 1 aliphatic heterocycles. The van der Waals surface area contributed by atoms with Gasteiger partial charge in [-0.05, 0) is 31.9 Å². The summed E-state index contributed by atoms with van der Waals surface area (Å²) in [6.07, 6.45) is 2.01. The standard InChI is InChI=1S/C21H26N4O4/c1-14-19(6-8-23-21(13-22)7-5-9-25(21)15(2)26)24-20(29-14)16-10-17(27-3)12-18(11-16)28-4/h10-12,23H,5-9H2,1-4H3. The summed E-state index contributed by atoms with van der Waals surface area (Å²) in [7, 11) is 3.18. The lowest BCUT2D eigenvalue weighted by molar-refractivity contribution is -0.132. The Labute approximate surface area is 170 Å². The molecule has 29 heavy (non-hydrogen) atoms. The summed E-state index contributed by atoms with van der Waals surface area (Å²) in [5.74, 6) is 2.41. The molecule has 154 valence electrons. The highest BCUT2D eigenvalue weighted by atomic mass is 16.5. The number of nitrogens with zero attached hydrogens (tertiary/aromatic N) is 3. The van der Waals surface area contributed by atoms with Crippen molar-refractivity contribution in [2.45, 2.75) is 38.8 Å². The third-order valence-corrected chi connectivity index (χ3v) is 5.22. The largest absolute Gasteiger partial charge is 0.497 e. The molecule has 2 heterocycles. The van der Waals surface area contributed by atoms with Crippen LogP contribution in [0, 0.1) is 18.3 Å². The van der Waals surface area contributed by atoms with Gasteiger partial charge in [-0.15, -0.1) is 0 Å². The molecule has 3 rings (SSSR count). The maximum Gasteiger partial charge on any atom is 0.226 e. The van der Waals surface area contributed by atoms with Gasteiger partial charge in [-0.1, -0.05) is 0 Å². The van der Waals surface area contributed by atoms with Gasteiger partial charge in [0.2, 0.25) is 11.8 Å². The molecular weight excluding hydrogens is 372 g/mol. The molecule has 1 aliphatic rings. The van der Waals surface area contributed by atoms with E-state index in [0.29, 0.717) is 49.1 Å². The van der Waals surface area contributed by atoms with Crippen molar-refractivity contribution >= 4 is 5.91 Å². The topological polar surface area (TPSA) is 101 Å². The second kappa shape index (κ2) is 8.53. The second-order valence-corrected chi connectivity index (χ2v) is 7.05. The van der Waals surface area contributed by atoms with Gasteiger partial charge >= 0.3 is 0 Å². The molecule has 0 bridgehead atoms. The second-order valence-electron chi connectivity index (χ2n) is 7.05. The first-order valence-corrected chi connectivity index (χ1v) is 9.56. The van der Waals surface area contributed by atoms with Crippen LogP contribution in [0.25, 0.3) is 11.5 Å². The predicted octanol–water partition coefficient (Wildman–Crippen LogP) is 2.66. The van der Waals surface area contributed by atoms with Gasteiger partial charge in [-0.3, -0.25) is 10.1 Å². The fourth-order valence-electron chi connectivity index (χ4n) is 3.69. The Balaban J connectivity index is 1.73. The molecule has 1 atom stereocenters. The molecule has 8 heteroatoms. The molecule has 1 N–H and O–H groups in total. The fraction of sp³-hybridized carbons (Fsp3) is 0.476. The fourth-order valence-corrected chi connectivity index (χ4v) is 3.69. The Kier molecular flexibility index (Phi) is 6.09. The van der Waals surface area contributed by atoms with Gasteiger partial charge in [-0.2, -0.15) is 5.26 Å². The van der Waals surface area contributed by atoms with Crippen LogP contribution in [-0.4, -0.2) is 48.8 Å². The van der Waals surface area contributed by atoms with Gasteiger partial charge in [0.15, 0.2) is 5.66 Å². The third kappa shape index (κ3) is 4.20. The molecule has 0 radical (unpaired) electrons. The van der Waals surface area contributed by atoms with Crippen molar-refractivity contribution in [3.63, 3.8) is 0 Å². The predicted molar refractivity (Wildman–Crippen MR) is 106 cm³/mol. The number of nitrogens with one attached hydrogen (secondary N) is 1. The number of carbonyl (C=O) groups is 1. The summed E-state index contributed by atoms with van der Waals surface area (Å²) in [5.41, 5.74) is 0.622. The van der Waals surface area contributed by atoms with Gasteiger partial charge in [-0.25, -0.2) is 4.98 Å². The van der Waals surface area contributed by atoms with Crippen molar-refractivity contribution < 1.29 is 18.7 Å². The van der Waals surface area contributed by atoms with Crippen molar-refractivity contribution in [2.75, 3.05) is 27.3 Å². The minimum Gasteiger partial charge on any atom is -0.497 e. The highest BCUT2D eigenvalue weighted by Crippen LogP contribution is 2.31. The maximum atomic E-state index is 11.9. The summed E-state index contributed by atoms with van der Waals surface area (Å²) >= 11 is 0. The Morgan fingerprint density at radius 3 is 2.62 bits per heavy atom. The number of oxazole rings is 1. The number of amides is 1. The molecule has 0 aliphatic carbocycles. The monoisotopic (exact) mass is 398 g/mol. The highest BCUT2D eigenvalue weighted by molar-refractivity contribution is 5.75. The van der Waals surface area contributed by atoms with E-state index in [1.807, 2.05) is 19.1 Å². The van der Waals surface area contributed by atoms with E-state index in [4.69, 9.17) is 13.9 Å². The number of rotatable bonds is 7. The molecule has 1 unspecified atom stereocenters. The number of nitriles is 1. The number of hydrogen-bond acceptors (Lipinski definition) is 7. The number of ether oxygens (including phenoxy) is 2. The lowest BCUT2D eigenvalue weighted by Gasteiger charge is -2.32. The van der Waals surface area contributed by atoms with Gasteiger partial charge in [0, 0.05) is 38.1 Å². The lowest BCUT2D eigenvalue weighted by atomic mass is 10.1. The van der Waals surface area contributed by atoms with Gasteiger partial charge < -0.3 is 18.8 Å². The number of likely N-dealkylation sites (tertiary alicyclic amines) is 1. The quantitative estimate of drug-likeness (QED) is 0.765. The smallest absolute Gasteiger partial charge is 0.226 e. The summed E-state index contributed by atoms with van der Waals surface area (Å²) in [6.45, 7) is 4.46. The van der Waals surface area contributed by atoms with Gasteiger partial charge in [0.1, 0.15) is 23.3 Å². The van der Waals surface area contributed by atoms with Crippen LogP contribution in [0.2, 0.25) is 0 Å². The van der Waals surface area contributed by atoms with Crippen LogP contribution < -0.4 is 14.8 Å². The summed E-state index contributed by atoms with van der Waals surface area (Å²) in [6, 6.07) is 7.75. The highest BCUT2D eigenvalue weighted by Gasteiger charge is 2.42. The van der Waals surface area contributed by atoms with Crippen LogP contribution in [0.3, 0.4) is 0 Å². The first-order valence-electron chi connectivity index (χ1n) is 9.56. The molecule has 1 amide bonds. The van der Waals surface area contributed by atoms with E-state index in [2.05, 4.69) is 16.4 Å². The van der Waals surface area contributed by atoms with Crippen LogP contribution in [0.5, 0.6) is 11.5 Å². The number of benzene rings is 1. The Morgan fingerprint density at radius 2 is 2.03 bits per heavy atom. The van der Waals surface area contributed by atoms with Gasteiger partial charge in [0.25, 0.3) is 0 Å². The molecule has 2 aromatic rings. The van der Waals surface area contributed by atoms with Crippen molar-refractivity contribution in [3.8, 4) is 29.0 Å². The zero-order chi connectivity index (χ0) is 21.0. The Morgan fingerprint density at radius 1 is 1.34 bits per heavy atom. The molecular formula is C21H26N4O4. The van der Waals surface area contributed by atoms with Crippen LogP contribution in [0.4, 0.5) is 0 Å². The number of aryl methyl sites for hydroxylation is 1.